The summed E-state index contributed by atoms with van der Waals surface area (Å²) in [7, 11) is 0. The third kappa shape index (κ3) is 3.67. The van der Waals surface area contributed by atoms with E-state index in [-0.39, 0.29) is 12.3 Å². The number of hydrogen-bond acceptors (Lipinski definition) is 4. The van der Waals surface area contributed by atoms with Crippen LogP contribution in [0, 0.1) is 6.92 Å². The first-order valence-electron chi connectivity index (χ1n) is 7.36. The Kier molecular flexibility index (Phi) is 4.71. The van der Waals surface area contributed by atoms with Crippen molar-refractivity contribution in [3.05, 3.63) is 34.5 Å². The van der Waals surface area contributed by atoms with E-state index >= 15 is 0 Å². The van der Waals surface area contributed by atoms with Gasteiger partial charge in [0.1, 0.15) is 11.3 Å². The molecule has 0 unspecified atom stereocenters. The second kappa shape index (κ2) is 6.24. The third-order valence-corrected chi connectivity index (χ3v) is 3.33. The molecule has 0 aliphatic carbocycles. The number of aryl methyl sites for hydroxylation is 1. The number of benzene rings is 1. The van der Waals surface area contributed by atoms with Crippen molar-refractivity contribution in [2.75, 3.05) is 6.61 Å². The van der Waals surface area contributed by atoms with Gasteiger partial charge in [-0.25, -0.2) is 14.2 Å². The maximum absolute atomic E-state index is 12.6. The smallest absolute Gasteiger partial charge is 0.419 e. The molecule has 0 atom stereocenters. The van der Waals surface area contributed by atoms with Crippen LogP contribution in [0.3, 0.4) is 0 Å². The average Bonchev–Trinajstić information content (AvgIpc) is 2.76. The Morgan fingerprint density at radius 1 is 1.22 bits per heavy atom. The van der Waals surface area contributed by atoms with Crippen LogP contribution in [0.2, 0.25) is 5.02 Å². The molecule has 1 heterocycles. The first-order valence-corrected chi connectivity index (χ1v) is 7.74. The first kappa shape index (κ1) is 17.3. The summed E-state index contributed by atoms with van der Waals surface area (Å²) in [6.45, 7) is 9.05. The number of carbonyl (C=O) groups is 2. The zero-order valence-corrected chi connectivity index (χ0v) is 14.7. The number of esters is 1. The molecule has 1 aromatic heterocycles. The van der Waals surface area contributed by atoms with Gasteiger partial charge in [0, 0.05) is 10.4 Å². The van der Waals surface area contributed by atoms with Crippen LogP contribution >= 0.6 is 11.6 Å². The molecular weight excluding hydrogens is 318 g/mol. The highest BCUT2D eigenvalue weighted by molar-refractivity contribution is 6.31. The van der Waals surface area contributed by atoms with Crippen molar-refractivity contribution >= 4 is 34.6 Å². The number of hydrogen-bond donors (Lipinski definition) is 0. The largest absolute Gasteiger partial charge is 0.461 e. The normalized spacial score (nSPS) is 11.6. The summed E-state index contributed by atoms with van der Waals surface area (Å²) < 4.78 is 11.7. The maximum Gasteiger partial charge on any atom is 0.419 e. The van der Waals surface area contributed by atoms with E-state index < -0.39 is 17.7 Å². The Morgan fingerprint density at radius 3 is 2.43 bits per heavy atom. The second-order valence-corrected chi connectivity index (χ2v) is 6.66. The SMILES string of the molecule is CCOC(=O)c1cc2cc(Cl)cc(C)c2n1C(=O)OC(C)(C)C. The summed E-state index contributed by atoms with van der Waals surface area (Å²) in [6.07, 6.45) is -0.624. The third-order valence-electron chi connectivity index (χ3n) is 3.11. The zero-order chi connectivity index (χ0) is 17.4. The molecule has 1 aromatic carbocycles. The number of rotatable bonds is 2. The molecule has 0 amide bonds. The number of halogens is 1. The summed E-state index contributed by atoms with van der Waals surface area (Å²) in [5, 5.41) is 1.22. The van der Waals surface area contributed by atoms with Crippen molar-refractivity contribution in [2.24, 2.45) is 0 Å². The summed E-state index contributed by atoms with van der Waals surface area (Å²) in [5.41, 5.74) is 0.807. The average molecular weight is 338 g/mol. The molecule has 0 radical (unpaired) electrons. The highest BCUT2D eigenvalue weighted by Crippen LogP contribution is 2.28. The highest BCUT2D eigenvalue weighted by atomic mass is 35.5. The van der Waals surface area contributed by atoms with Crippen LogP contribution in [-0.2, 0) is 9.47 Å². The molecule has 0 saturated heterocycles. The second-order valence-electron chi connectivity index (χ2n) is 6.23. The minimum Gasteiger partial charge on any atom is -0.461 e. The quantitative estimate of drug-likeness (QED) is 0.753. The Hall–Kier alpha value is -2.01. The predicted molar refractivity (Wildman–Crippen MR) is 89.3 cm³/mol. The summed E-state index contributed by atoms with van der Waals surface area (Å²) >= 11 is 6.07. The van der Waals surface area contributed by atoms with Gasteiger partial charge >= 0.3 is 12.1 Å². The summed E-state index contributed by atoms with van der Waals surface area (Å²) in [6, 6.07) is 5.03. The Balaban J connectivity index is 2.69. The molecule has 23 heavy (non-hydrogen) atoms. The molecule has 2 aromatic rings. The van der Waals surface area contributed by atoms with Crippen molar-refractivity contribution in [2.45, 2.75) is 40.2 Å². The van der Waals surface area contributed by atoms with Crippen molar-refractivity contribution in [3.8, 4) is 0 Å². The summed E-state index contributed by atoms with van der Waals surface area (Å²) in [4.78, 5) is 24.8. The predicted octanol–water partition coefficient (Wildman–Crippen LogP) is 4.56. The van der Waals surface area contributed by atoms with Crippen LogP contribution < -0.4 is 0 Å². The van der Waals surface area contributed by atoms with Gasteiger partial charge in [-0.2, -0.15) is 0 Å². The van der Waals surface area contributed by atoms with Gasteiger partial charge < -0.3 is 9.47 Å². The van der Waals surface area contributed by atoms with Gasteiger partial charge in [-0.1, -0.05) is 11.6 Å². The van der Waals surface area contributed by atoms with E-state index in [1.54, 1.807) is 45.9 Å². The lowest BCUT2D eigenvalue weighted by atomic mass is 10.1. The molecule has 0 saturated carbocycles. The van der Waals surface area contributed by atoms with Gasteiger partial charge in [-0.3, -0.25) is 0 Å². The van der Waals surface area contributed by atoms with Gasteiger partial charge in [0.2, 0.25) is 0 Å². The molecule has 6 heteroatoms. The molecule has 0 spiro atoms. The van der Waals surface area contributed by atoms with E-state index in [2.05, 4.69) is 0 Å². The first-order chi connectivity index (χ1) is 10.6. The van der Waals surface area contributed by atoms with E-state index in [9.17, 15) is 9.59 Å². The van der Waals surface area contributed by atoms with Crippen LogP contribution in [0.4, 0.5) is 4.79 Å². The van der Waals surface area contributed by atoms with Crippen molar-refractivity contribution in [3.63, 3.8) is 0 Å². The number of ether oxygens (including phenoxy) is 2. The van der Waals surface area contributed by atoms with E-state index in [1.165, 1.54) is 4.57 Å². The fourth-order valence-corrected chi connectivity index (χ4v) is 2.64. The number of fused-ring (bicyclic) bond motifs is 1. The molecule has 0 aliphatic rings. The van der Waals surface area contributed by atoms with Crippen LogP contribution in [-0.4, -0.2) is 28.8 Å². The molecule has 0 fully saturated rings. The molecular formula is C17H20ClNO4. The lowest BCUT2D eigenvalue weighted by Crippen LogP contribution is -2.29. The van der Waals surface area contributed by atoms with Crippen LogP contribution in [0.1, 0.15) is 43.7 Å². The Labute approximate surface area is 140 Å². The lowest BCUT2D eigenvalue weighted by Gasteiger charge is -2.21. The lowest BCUT2D eigenvalue weighted by molar-refractivity contribution is 0.0454. The molecule has 2 rings (SSSR count). The van der Waals surface area contributed by atoms with Gasteiger partial charge in [0.05, 0.1) is 12.1 Å². The fraction of sp³-hybridized carbons (Fsp3) is 0.412. The molecule has 5 nitrogen and oxygen atoms in total. The van der Waals surface area contributed by atoms with Gasteiger partial charge in [0.25, 0.3) is 0 Å². The van der Waals surface area contributed by atoms with E-state index in [0.717, 1.165) is 5.56 Å². The Bertz CT molecular complexity index is 771. The molecule has 0 N–H and O–H groups in total. The van der Waals surface area contributed by atoms with Crippen LogP contribution in [0.25, 0.3) is 10.9 Å². The molecule has 0 bridgehead atoms. The number of carbonyl (C=O) groups excluding carboxylic acids is 2. The van der Waals surface area contributed by atoms with Crippen molar-refractivity contribution in [1.82, 2.24) is 4.57 Å². The van der Waals surface area contributed by atoms with E-state index in [4.69, 9.17) is 21.1 Å². The minimum atomic E-state index is -0.681. The summed E-state index contributed by atoms with van der Waals surface area (Å²) in [5.74, 6) is -0.579. The van der Waals surface area contributed by atoms with E-state index in [0.29, 0.717) is 15.9 Å². The van der Waals surface area contributed by atoms with Crippen molar-refractivity contribution in [1.29, 1.82) is 0 Å². The van der Waals surface area contributed by atoms with Gasteiger partial charge in [-0.05, 0) is 58.4 Å². The highest BCUT2D eigenvalue weighted by Gasteiger charge is 2.26. The van der Waals surface area contributed by atoms with Crippen molar-refractivity contribution < 1.29 is 19.1 Å². The maximum atomic E-state index is 12.6. The van der Waals surface area contributed by atoms with Crippen LogP contribution in [0.5, 0.6) is 0 Å². The van der Waals surface area contributed by atoms with E-state index in [1.807, 2.05) is 6.92 Å². The fourth-order valence-electron chi connectivity index (χ4n) is 2.36. The number of aromatic nitrogens is 1. The standard InChI is InChI=1S/C17H20ClNO4/c1-6-22-15(20)13-9-11-8-12(18)7-10(2)14(11)19(13)16(21)23-17(3,4)5/h7-9H,6H2,1-5H3. The molecule has 124 valence electrons. The van der Waals surface area contributed by atoms with Crippen LogP contribution in [0.15, 0.2) is 18.2 Å². The topological polar surface area (TPSA) is 57.5 Å². The number of nitrogens with zero attached hydrogens (tertiary/aromatic N) is 1. The van der Waals surface area contributed by atoms with Gasteiger partial charge in [0.15, 0.2) is 0 Å². The Morgan fingerprint density at radius 2 is 1.87 bits per heavy atom. The monoisotopic (exact) mass is 337 g/mol. The molecule has 0 aliphatic heterocycles. The minimum absolute atomic E-state index is 0.126. The zero-order valence-electron chi connectivity index (χ0n) is 13.9. The van der Waals surface area contributed by atoms with Gasteiger partial charge in [-0.15, -0.1) is 0 Å².